The standard InChI is InChI=1S/C22H35N5O2/c1-22(2,3)17-27-12-9-24-21(29)19(27)15-20(28)26-11-6-10-25(13-14-26)16-18-7-4-5-8-23-18/h4-5,7-8,19H,6,9-17H2,1-3H3,(H,24,29)/t19-/m0/s1. The Balaban J connectivity index is 1.56. The molecule has 2 fully saturated rings. The second-order valence-corrected chi connectivity index (χ2v) is 9.37. The van der Waals surface area contributed by atoms with Crippen molar-refractivity contribution in [2.24, 2.45) is 5.41 Å². The molecule has 29 heavy (non-hydrogen) atoms. The smallest absolute Gasteiger partial charge is 0.237 e. The molecule has 1 atom stereocenters. The molecule has 0 saturated carbocycles. The molecular weight excluding hydrogens is 366 g/mol. The highest BCUT2D eigenvalue weighted by atomic mass is 16.2. The summed E-state index contributed by atoms with van der Waals surface area (Å²) in [5, 5.41) is 2.94. The summed E-state index contributed by atoms with van der Waals surface area (Å²) >= 11 is 0. The third-order valence-electron chi connectivity index (χ3n) is 5.54. The zero-order chi connectivity index (χ0) is 20.9. The van der Waals surface area contributed by atoms with Crippen LogP contribution in [0.25, 0.3) is 0 Å². The van der Waals surface area contributed by atoms with Crippen molar-refractivity contribution in [3.05, 3.63) is 30.1 Å². The van der Waals surface area contributed by atoms with Gasteiger partial charge < -0.3 is 10.2 Å². The molecule has 3 heterocycles. The van der Waals surface area contributed by atoms with E-state index >= 15 is 0 Å². The van der Waals surface area contributed by atoms with Crippen LogP contribution in [0.5, 0.6) is 0 Å². The molecule has 0 aromatic carbocycles. The summed E-state index contributed by atoms with van der Waals surface area (Å²) in [5.41, 5.74) is 1.15. The van der Waals surface area contributed by atoms with Gasteiger partial charge in [0.1, 0.15) is 0 Å². The molecule has 1 N–H and O–H groups in total. The van der Waals surface area contributed by atoms with Gasteiger partial charge in [0.15, 0.2) is 0 Å². The van der Waals surface area contributed by atoms with Gasteiger partial charge in [0.2, 0.25) is 11.8 Å². The SMILES string of the molecule is CC(C)(C)CN1CCNC(=O)[C@@H]1CC(=O)N1CCCN(Cc2ccccn2)CC1. The van der Waals surface area contributed by atoms with Gasteiger partial charge in [-0.3, -0.25) is 24.4 Å². The minimum Gasteiger partial charge on any atom is -0.353 e. The number of rotatable bonds is 5. The monoisotopic (exact) mass is 401 g/mol. The maximum absolute atomic E-state index is 13.0. The summed E-state index contributed by atoms with van der Waals surface area (Å²) < 4.78 is 0. The molecule has 3 rings (SSSR count). The van der Waals surface area contributed by atoms with Crippen molar-refractivity contribution in [3.8, 4) is 0 Å². The maximum Gasteiger partial charge on any atom is 0.237 e. The van der Waals surface area contributed by atoms with Crippen molar-refractivity contribution in [2.75, 3.05) is 45.8 Å². The quantitative estimate of drug-likeness (QED) is 0.807. The lowest BCUT2D eigenvalue weighted by atomic mass is 9.94. The van der Waals surface area contributed by atoms with Crippen molar-refractivity contribution >= 4 is 11.8 Å². The first-order chi connectivity index (χ1) is 13.8. The van der Waals surface area contributed by atoms with E-state index in [9.17, 15) is 9.59 Å². The van der Waals surface area contributed by atoms with E-state index in [1.807, 2.05) is 29.3 Å². The summed E-state index contributed by atoms with van der Waals surface area (Å²) in [6.07, 6.45) is 3.03. The Bertz CT molecular complexity index is 688. The molecular formula is C22H35N5O2. The summed E-state index contributed by atoms with van der Waals surface area (Å²) in [6.45, 7) is 12.9. The van der Waals surface area contributed by atoms with Gasteiger partial charge in [-0.15, -0.1) is 0 Å². The lowest BCUT2D eigenvalue weighted by molar-refractivity contribution is -0.139. The van der Waals surface area contributed by atoms with E-state index in [0.29, 0.717) is 13.1 Å². The van der Waals surface area contributed by atoms with E-state index in [1.165, 1.54) is 0 Å². The Morgan fingerprint density at radius 2 is 2.00 bits per heavy atom. The fourth-order valence-corrected chi connectivity index (χ4v) is 4.18. The number of pyridine rings is 1. The largest absolute Gasteiger partial charge is 0.353 e. The number of piperazine rings is 1. The Hall–Kier alpha value is -1.99. The number of amides is 2. The molecule has 2 aliphatic heterocycles. The summed E-state index contributed by atoms with van der Waals surface area (Å²) in [7, 11) is 0. The maximum atomic E-state index is 13.0. The molecule has 2 amide bonds. The molecule has 0 spiro atoms. The molecule has 0 unspecified atom stereocenters. The average molecular weight is 402 g/mol. The first-order valence-corrected chi connectivity index (χ1v) is 10.7. The van der Waals surface area contributed by atoms with E-state index in [-0.39, 0.29) is 29.7 Å². The van der Waals surface area contributed by atoms with Crippen LogP contribution in [-0.4, -0.2) is 83.4 Å². The van der Waals surface area contributed by atoms with Crippen molar-refractivity contribution in [1.29, 1.82) is 0 Å². The van der Waals surface area contributed by atoms with E-state index in [4.69, 9.17) is 0 Å². The fraction of sp³-hybridized carbons (Fsp3) is 0.682. The minimum atomic E-state index is -0.358. The number of hydrogen-bond donors (Lipinski definition) is 1. The third-order valence-corrected chi connectivity index (χ3v) is 5.54. The van der Waals surface area contributed by atoms with Crippen LogP contribution in [0, 0.1) is 5.41 Å². The normalized spacial score (nSPS) is 22.2. The molecule has 0 aliphatic carbocycles. The van der Waals surface area contributed by atoms with E-state index in [0.717, 1.165) is 51.4 Å². The van der Waals surface area contributed by atoms with Gasteiger partial charge in [0, 0.05) is 58.6 Å². The third kappa shape index (κ3) is 6.51. The molecule has 0 radical (unpaired) electrons. The number of nitrogens with one attached hydrogen (secondary N) is 1. The Morgan fingerprint density at radius 3 is 2.72 bits per heavy atom. The van der Waals surface area contributed by atoms with Crippen LogP contribution in [0.2, 0.25) is 0 Å². The molecule has 1 aromatic rings. The lowest BCUT2D eigenvalue weighted by Gasteiger charge is -2.39. The highest BCUT2D eigenvalue weighted by Crippen LogP contribution is 2.20. The number of nitrogens with zero attached hydrogens (tertiary/aromatic N) is 4. The molecule has 2 saturated heterocycles. The Kier molecular flexibility index (Phi) is 7.24. The second-order valence-electron chi connectivity index (χ2n) is 9.37. The topological polar surface area (TPSA) is 68.8 Å². The van der Waals surface area contributed by atoms with E-state index < -0.39 is 0 Å². The molecule has 7 nitrogen and oxygen atoms in total. The van der Waals surface area contributed by atoms with Crippen molar-refractivity contribution < 1.29 is 9.59 Å². The van der Waals surface area contributed by atoms with Gasteiger partial charge in [-0.05, 0) is 24.0 Å². The zero-order valence-electron chi connectivity index (χ0n) is 18.1. The lowest BCUT2D eigenvalue weighted by Crippen LogP contribution is -2.58. The predicted molar refractivity (Wildman–Crippen MR) is 113 cm³/mol. The van der Waals surface area contributed by atoms with Gasteiger partial charge in [-0.1, -0.05) is 26.8 Å². The number of aromatic nitrogens is 1. The number of carbonyl (C=O) groups excluding carboxylic acids is 2. The fourth-order valence-electron chi connectivity index (χ4n) is 4.18. The molecule has 160 valence electrons. The highest BCUT2D eigenvalue weighted by Gasteiger charge is 2.35. The molecule has 0 bridgehead atoms. The van der Waals surface area contributed by atoms with Crippen LogP contribution >= 0.6 is 0 Å². The average Bonchev–Trinajstić information content (AvgIpc) is 2.90. The van der Waals surface area contributed by atoms with Crippen molar-refractivity contribution in [3.63, 3.8) is 0 Å². The number of hydrogen-bond acceptors (Lipinski definition) is 5. The summed E-state index contributed by atoms with van der Waals surface area (Å²) in [4.78, 5) is 36.4. The zero-order valence-corrected chi connectivity index (χ0v) is 18.1. The van der Waals surface area contributed by atoms with E-state index in [2.05, 4.69) is 40.9 Å². The minimum absolute atomic E-state index is 0.0135. The molecule has 2 aliphatic rings. The van der Waals surface area contributed by atoms with Gasteiger partial charge in [0.05, 0.1) is 18.2 Å². The summed E-state index contributed by atoms with van der Waals surface area (Å²) in [6, 6.07) is 5.62. The highest BCUT2D eigenvalue weighted by molar-refractivity contribution is 5.88. The van der Waals surface area contributed by atoms with Crippen LogP contribution in [0.4, 0.5) is 0 Å². The van der Waals surface area contributed by atoms with Crippen LogP contribution < -0.4 is 5.32 Å². The van der Waals surface area contributed by atoms with Gasteiger partial charge >= 0.3 is 0 Å². The Morgan fingerprint density at radius 1 is 1.17 bits per heavy atom. The first kappa shape index (κ1) is 21.7. The van der Waals surface area contributed by atoms with E-state index in [1.54, 1.807) is 0 Å². The van der Waals surface area contributed by atoms with Crippen molar-refractivity contribution in [1.82, 2.24) is 25.0 Å². The van der Waals surface area contributed by atoms with Gasteiger partial charge in [-0.2, -0.15) is 0 Å². The van der Waals surface area contributed by atoms with Gasteiger partial charge in [0.25, 0.3) is 0 Å². The molecule has 1 aromatic heterocycles. The van der Waals surface area contributed by atoms with Gasteiger partial charge in [-0.25, -0.2) is 0 Å². The number of carbonyl (C=O) groups is 2. The first-order valence-electron chi connectivity index (χ1n) is 10.7. The van der Waals surface area contributed by atoms with Crippen LogP contribution in [0.1, 0.15) is 39.3 Å². The van der Waals surface area contributed by atoms with Crippen LogP contribution in [0.3, 0.4) is 0 Å². The summed E-state index contributed by atoms with van der Waals surface area (Å²) in [5.74, 6) is 0.0751. The predicted octanol–water partition coefficient (Wildman–Crippen LogP) is 1.35. The second kappa shape index (κ2) is 9.67. The van der Waals surface area contributed by atoms with Crippen molar-refractivity contribution in [2.45, 2.75) is 46.2 Å². The Labute approximate surface area is 174 Å². The van der Waals surface area contributed by atoms with Crippen LogP contribution in [0.15, 0.2) is 24.4 Å². The molecule has 7 heteroatoms. The van der Waals surface area contributed by atoms with Crippen LogP contribution in [-0.2, 0) is 16.1 Å².